The lowest BCUT2D eigenvalue weighted by molar-refractivity contribution is 0.100. The molecule has 0 aromatic carbocycles. The van der Waals surface area contributed by atoms with E-state index in [0.29, 0.717) is 24.4 Å². The Hall–Kier alpha value is -1.66. The van der Waals surface area contributed by atoms with E-state index >= 15 is 0 Å². The summed E-state index contributed by atoms with van der Waals surface area (Å²) >= 11 is 0. The molecule has 17 heavy (non-hydrogen) atoms. The van der Waals surface area contributed by atoms with E-state index in [4.69, 9.17) is 15.6 Å². The normalized spacial score (nSPS) is 12.1. The number of pyridine rings is 1. The van der Waals surface area contributed by atoms with E-state index in [1.165, 1.54) is 0 Å². The van der Waals surface area contributed by atoms with Crippen LogP contribution < -0.4 is 11.1 Å². The zero-order valence-corrected chi connectivity index (χ0v) is 9.72. The molecule has 1 aromatic heterocycles. The minimum atomic E-state index is -0.541. The molecule has 0 saturated carbocycles. The number of amides is 1. The largest absolute Gasteiger partial charge is 0.396 e. The average molecular weight is 239 g/mol. The molecule has 0 aliphatic carbocycles. The minimum absolute atomic E-state index is 0.0275. The number of nitrogens with zero attached hydrogens (tertiary/aromatic N) is 1. The molecule has 0 aliphatic heterocycles. The van der Waals surface area contributed by atoms with Gasteiger partial charge >= 0.3 is 0 Å². The third-order valence-electron chi connectivity index (χ3n) is 2.26. The molecule has 0 aliphatic rings. The second kappa shape index (κ2) is 6.82. The van der Waals surface area contributed by atoms with Crippen LogP contribution in [0, 0.1) is 0 Å². The molecular formula is C11H17N3O3. The Morgan fingerprint density at radius 1 is 1.71 bits per heavy atom. The van der Waals surface area contributed by atoms with Crippen LogP contribution in [0.1, 0.15) is 16.8 Å². The fraction of sp³-hybridized carbons (Fsp3) is 0.455. The number of hydrogen-bond acceptors (Lipinski definition) is 5. The number of hydrogen-bond donors (Lipinski definition) is 3. The molecule has 1 heterocycles. The summed E-state index contributed by atoms with van der Waals surface area (Å²) in [6, 6.07) is 3.13. The van der Waals surface area contributed by atoms with Gasteiger partial charge in [0.2, 0.25) is 0 Å². The van der Waals surface area contributed by atoms with Crippen molar-refractivity contribution in [2.45, 2.75) is 12.5 Å². The fourth-order valence-corrected chi connectivity index (χ4v) is 1.47. The third-order valence-corrected chi connectivity index (χ3v) is 2.26. The van der Waals surface area contributed by atoms with Crippen molar-refractivity contribution in [1.82, 2.24) is 4.98 Å². The van der Waals surface area contributed by atoms with Gasteiger partial charge in [0, 0.05) is 19.9 Å². The first-order chi connectivity index (χ1) is 8.19. The summed E-state index contributed by atoms with van der Waals surface area (Å²) in [5.74, 6) is -0.128. The lowest BCUT2D eigenvalue weighted by atomic mass is 10.2. The number of aliphatic hydroxyl groups is 1. The SMILES string of the molecule is COCC(CCO)Nc1ncccc1C(N)=O. The van der Waals surface area contributed by atoms with Crippen molar-refractivity contribution in [3.63, 3.8) is 0 Å². The molecule has 94 valence electrons. The average Bonchev–Trinajstić information content (AvgIpc) is 2.30. The number of aliphatic hydroxyl groups excluding tert-OH is 1. The first kappa shape index (κ1) is 13.4. The number of carbonyl (C=O) groups excluding carboxylic acids is 1. The number of anilines is 1. The van der Waals surface area contributed by atoms with Crippen molar-refractivity contribution in [2.75, 3.05) is 25.6 Å². The maximum Gasteiger partial charge on any atom is 0.252 e. The second-order valence-electron chi connectivity index (χ2n) is 3.57. The molecule has 1 amide bonds. The van der Waals surface area contributed by atoms with Crippen molar-refractivity contribution in [3.05, 3.63) is 23.9 Å². The van der Waals surface area contributed by atoms with Crippen LogP contribution in [0.15, 0.2) is 18.3 Å². The van der Waals surface area contributed by atoms with Gasteiger partial charge in [-0.25, -0.2) is 4.98 Å². The van der Waals surface area contributed by atoms with Crippen LogP contribution in [0.3, 0.4) is 0 Å². The smallest absolute Gasteiger partial charge is 0.252 e. The van der Waals surface area contributed by atoms with E-state index in [1.54, 1.807) is 25.4 Å². The number of primary amides is 1. The van der Waals surface area contributed by atoms with Crippen LogP contribution in [0.2, 0.25) is 0 Å². The Kier molecular flexibility index (Phi) is 5.38. The van der Waals surface area contributed by atoms with E-state index in [2.05, 4.69) is 10.3 Å². The molecule has 0 saturated heterocycles. The van der Waals surface area contributed by atoms with Gasteiger partial charge in [0.25, 0.3) is 5.91 Å². The van der Waals surface area contributed by atoms with Gasteiger partial charge in [-0.3, -0.25) is 4.79 Å². The van der Waals surface area contributed by atoms with Gasteiger partial charge in [-0.2, -0.15) is 0 Å². The summed E-state index contributed by atoms with van der Waals surface area (Å²) in [6.07, 6.45) is 2.07. The molecule has 0 fully saturated rings. The predicted molar refractivity (Wildman–Crippen MR) is 63.7 cm³/mol. The van der Waals surface area contributed by atoms with Crippen LogP contribution in [-0.2, 0) is 4.74 Å². The Balaban J connectivity index is 2.80. The Labute approximate surface area is 99.8 Å². The zero-order chi connectivity index (χ0) is 12.7. The number of nitrogens with one attached hydrogen (secondary N) is 1. The Morgan fingerprint density at radius 2 is 2.47 bits per heavy atom. The number of ether oxygens (including phenoxy) is 1. The lowest BCUT2D eigenvalue weighted by Gasteiger charge is -2.18. The maximum atomic E-state index is 11.2. The molecule has 1 aromatic rings. The predicted octanol–water partition coefficient (Wildman–Crippen LogP) is -0.0102. The minimum Gasteiger partial charge on any atom is -0.396 e. The van der Waals surface area contributed by atoms with E-state index in [0.717, 1.165) is 0 Å². The Morgan fingerprint density at radius 3 is 3.06 bits per heavy atom. The molecule has 0 radical (unpaired) electrons. The van der Waals surface area contributed by atoms with Crippen LogP contribution in [-0.4, -0.2) is 42.4 Å². The monoisotopic (exact) mass is 239 g/mol. The quantitative estimate of drug-likeness (QED) is 0.621. The maximum absolute atomic E-state index is 11.2. The molecule has 0 spiro atoms. The van der Waals surface area contributed by atoms with E-state index < -0.39 is 5.91 Å². The standard InChI is InChI=1S/C11H17N3O3/c1-17-7-8(4-6-15)14-11-9(10(12)16)3-2-5-13-11/h2-3,5,8,15H,4,6-7H2,1H3,(H2,12,16)(H,13,14). The summed E-state index contributed by atoms with van der Waals surface area (Å²) in [7, 11) is 1.57. The highest BCUT2D eigenvalue weighted by molar-refractivity contribution is 5.97. The summed E-state index contributed by atoms with van der Waals surface area (Å²) < 4.78 is 5.01. The number of nitrogens with two attached hydrogens (primary N) is 1. The van der Waals surface area contributed by atoms with Crippen LogP contribution in [0.5, 0.6) is 0 Å². The van der Waals surface area contributed by atoms with Gasteiger partial charge in [-0.1, -0.05) is 0 Å². The van der Waals surface area contributed by atoms with Gasteiger partial charge < -0.3 is 20.9 Å². The van der Waals surface area contributed by atoms with Crippen LogP contribution in [0.4, 0.5) is 5.82 Å². The van der Waals surface area contributed by atoms with E-state index in [1.807, 2.05) is 0 Å². The molecule has 1 rings (SSSR count). The molecule has 4 N–H and O–H groups in total. The summed E-state index contributed by atoms with van der Waals surface area (Å²) in [5, 5.41) is 11.9. The molecule has 1 atom stereocenters. The summed E-state index contributed by atoms with van der Waals surface area (Å²) in [6.45, 7) is 0.440. The molecule has 6 heteroatoms. The van der Waals surface area contributed by atoms with Crippen LogP contribution >= 0.6 is 0 Å². The summed E-state index contributed by atoms with van der Waals surface area (Å²) in [4.78, 5) is 15.2. The summed E-state index contributed by atoms with van der Waals surface area (Å²) in [5.41, 5.74) is 5.56. The number of aromatic nitrogens is 1. The van der Waals surface area contributed by atoms with Crippen molar-refractivity contribution in [1.29, 1.82) is 0 Å². The number of rotatable bonds is 7. The van der Waals surface area contributed by atoms with Gasteiger partial charge in [0.1, 0.15) is 5.82 Å². The van der Waals surface area contributed by atoms with Gasteiger partial charge in [-0.15, -0.1) is 0 Å². The first-order valence-corrected chi connectivity index (χ1v) is 5.30. The third kappa shape index (κ3) is 4.01. The Bertz CT molecular complexity index is 365. The van der Waals surface area contributed by atoms with Crippen molar-refractivity contribution < 1.29 is 14.6 Å². The molecule has 0 bridgehead atoms. The highest BCUT2D eigenvalue weighted by Gasteiger charge is 2.13. The van der Waals surface area contributed by atoms with Crippen molar-refractivity contribution >= 4 is 11.7 Å². The van der Waals surface area contributed by atoms with E-state index in [-0.39, 0.29) is 12.6 Å². The topological polar surface area (TPSA) is 97.5 Å². The zero-order valence-electron chi connectivity index (χ0n) is 9.72. The fourth-order valence-electron chi connectivity index (χ4n) is 1.47. The van der Waals surface area contributed by atoms with Crippen molar-refractivity contribution in [3.8, 4) is 0 Å². The molecule has 6 nitrogen and oxygen atoms in total. The number of carbonyl (C=O) groups is 1. The van der Waals surface area contributed by atoms with Gasteiger partial charge in [-0.05, 0) is 18.6 Å². The highest BCUT2D eigenvalue weighted by atomic mass is 16.5. The highest BCUT2D eigenvalue weighted by Crippen LogP contribution is 2.12. The van der Waals surface area contributed by atoms with Crippen LogP contribution in [0.25, 0.3) is 0 Å². The molecule has 1 unspecified atom stereocenters. The van der Waals surface area contributed by atoms with Gasteiger partial charge in [0.05, 0.1) is 18.2 Å². The number of methoxy groups -OCH3 is 1. The van der Waals surface area contributed by atoms with Gasteiger partial charge in [0.15, 0.2) is 0 Å². The first-order valence-electron chi connectivity index (χ1n) is 5.30. The van der Waals surface area contributed by atoms with Crippen molar-refractivity contribution in [2.24, 2.45) is 5.73 Å². The second-order valence-corrected chi connectivity index (χ2v) is 3.57. The lowest BCUT2D eigenvalue weighted by Crippen LogP contribution is -2.28. The van der Waals surface area contributed by atoms with E-state index in [9.17, 15) is 4.79 Å². The molecular weight excluding hydrogens is 222 g/mol.